The molecule has 126 valence electrons. The van der Waals surface area contributed by atoms with Gasteiger partial charge < -0.3 is 10.4 Å². The van der Waals surface area contributed by atoms with Crippen molar-refractivity contribution in [3.8, 4) is 0 Å². The Labute approximate surface area is 132 Å². The highest BCUT2D eigenvalue weighted by Gasteiger charge is 2.30. The van der Waals surface area contributed by atoms with E-state index in [0.717, 1.165) is 26.1 Å². The van der Waals surface area contributed by atoms with Crippen LogP contribution in [0.4, 0.5) is 0 Å². The first-order valence-corrected chi connectivity index (χ1v) is 8.74. The number of aliphatic hydroxyl groups is 1. The zero-order valence-electron chi connectivity index (χ0n) is 15.3. The van der Waals surface area contributed by atoms with Gasteiger partial charge >= 0.3 is 0 Å². The summed E-state index contributed by atoms with van der Waals surface area (Å²) in [7, 11) is 0. The van der Waals surface area contributed by atoms with E-state index in [1.165, 1.54) is 6.42 Å². The van der Waals surface area contributed by atoms with Crippen molar-refractivity contribution in [3.05, 3.63) is 0 Å². The van der Waals surface area contributed by atoms with E-state index in [9.17, 15) is 5.11 Å². The molecule has 1 heterocycles. The second kappa shape index (κ2) is 7.94. The van der Waals surface area contributed by atoms with E-state index in [2.05, 4.69) is 58.7 Å². The maximum Gasteiger partial charge on any atom is 0.0566 e. The number of piperidine rings is 1. The van der Waals surface area contributed by atoms with Gasteiger partial charge in [-0.25, -0.2) is 0 Å². The SMILES string of the molecule is CC(C)C(O)CC1CC(NCC(C)(C)C)CN(C(C)C)C1. The Kier molecular flexibility index (Phi) is 7.15. The maximum absolute atomic E-state index is 10.2. The molecule has 3 unspecified atom stereocenters. The Morgan fingerprint density at radius 1 is 1.14 bits per heavy atom. The fraction of sp³-hybridized carbons (Fsp3) is 1.00. The first-order chi connectivity index (χ1) is 9.58. The van der Waals surface area contributed by atoms with Crippen molar-refractivity contribution in [1.29, 1.82) is 0 Å². The van der Waals surface area contributed by atoms with Gasteiger partial charge in [-0.2, -0.15) is 0 Å². The molecule has 0 aromatic rings. The van der Waals surface area contributed by atoms with E-state index >= 15 is 0 Å². The average Bonchev–Trinajstić information content (AvgIpc) is 2.35. The van der Waals surface area contributed by atoms with Crippen LogP contribution in [-0.2, 0) is 0 Å². The Bertz CT molecular complexity index is 294. The summed E-state index contributed by atoms with van der Waals surface area (Å²) in [5, 5.41) is 14.0. The lowest BCUT2D eigenvalue weighted by Gasteiger charge is -2.42. The molecule has 3 atom stereocenters. The van der Waals surface area contributed by atoms with Crippen LogP contribution in [0, 0.1) is 17.3 Å². The van der Waals surface area contributed by atoms with Gasteiger partial charge in [0.2, 0.25) is 0 Å². The topological polar surface area (TPSA) is 35.5 Å². The summed E-state index contributed by atoms with van der Waals surface area (Å²) in [5.41, 5.74) is 0.326. The van der Waals surface area contributed by atoms with Crippen molar-refractivity contribution >= 4 is 0 Å². The maximum atomic E-state index is 10.2. The molecular weight excluding hydrogens is 260 g/mol. The third-order valence-electron chi connectivity index (χ3n) is 4.56. The van der Waals surface area contributed by atoms with Crippen LogP contribution in [0.15, 0.2) is 0 Å². The van der Waals surface area contributed by atoms with Crippen molar-refractivity contribution in [2.24, 2.45) is 17.3 Å². The number of hydrogen-bond acceptors (Lipinski definition) is 3. The second-order valence-electron chi connectivity index (χ2n) is 8.83. The molecule has 0 radical (unpaired) electrons. The molecule has 1 aliphatic rings. The number of nitrogens with zero attached hydrogens (tertiary/aromatic N) is 1. The number of aliphatic hydroxyl groups excluding tert-OH is 1. The lowest BCUT2D eigenvalue weighted by Crippen LogP contribution is -2.53. The highest BCUT2D eigenvalue weighted by Crippen LogP contribution is 2.25. The van der Waals surface area contributed by atoms with Gasteiger partial charge in [0, 0.05) is 31.7 Å². The van der Waals surface area contributed by atoms with Crippen LogP contribution in [0.25, 0.3) is 0 Å². The lowest BCUT2D eigenvalue weighted by atomic mass is 9.85. The molecule has 0 spiro atoms. The van der Waals surface area contributed by atoms with Gasteiger partial charge in [0.15, 0.2) is 0 Å². The smallest absolute Gasteiger partial charge is 0.0566 e. The lowest BCUT2D eigenvalue weighted by molar-refractivity contribution is 0.0505. The van der Waals surface area contributed by atoms with Crippen LogP contribution in [-0.4, -0.2) is 47.8 Å². The fourth-order valence-electron chi connectivity index (χ4n) is 3.05. The summed E-state index contributed by atoms with van der Waals surface area (Å²) >= 11 is 0. The number of rotatable bonds is 6. The quantitative estimate of drug-likeness (QED) is 0.791. The van der Waals surface area contributed by atoms with Crippen molar-refractivity contribution in [1.82, 2.24) is 10.2 Å². The summed E-state index contributed by atoms with van der Waals surface area (Å²) < 4.78 is 0. The van der Waals surface area contributed by atoms with Crippen LogP contribution in [0.5, 0.6) is 0 Å². The molecule has 0 saturated carbocycles. The minimum Gasteiger partial charge on any atom is -0.393 e. The predicted octanol–water partition coefficient (Wildman–Crippen LogP) is 3.13. The fourth-order valence-corrected chi connectivity index (χ4v) is 3.05. The predicted molar refractivity (Wildman–Crippen MR) is 91.5 cm³/mol. The summed E-state index contributed by atoms with van der Waals surface area (Å²) in [6.45, 7) is 19.0. The monoisotopic (exact) mass is 298 g/mol. The number of hydrogen-bond donors (Lipinski definition) is 2. The van der Waals surface area contributed by atoms with E-state index in [4.69, 9.17) is 0 Å². The van der Waals surface area contributed by atoms with E-state index in [1.807, 2.05) is 0 Å². The Morgan fingerprint density at radius 2 is 1.76 bits per heavy atom. The molecule has 1 rings (SSSR count). The van der Waals surface area contributed by atoms with E-state index in [1.54, 1.807) is 0 Å². The number of likely N-dealkylation sites (tertiary alicyclic amines) is 1. The zero-order valence-corrected chi connectivity index (χ0v) is 15.3. The molecule has 1 fully saturated rings. The minimum atomic E-state index is -0.162. The van der Waals surface area contributed by atoms with Gasteiger partial charge in [-0.3, -0.25) is 4.90 Å². The molecule has 3 heteroatoms. The molecule has 21 heavy (non-hydrogen) atoms. The molecule has 1 saturated heterocycles. The average molecular weight is 299 g/mol. The van der Waals surface area contributed by atoms with Gasteiger partial charge in [0.1, 0.15) is 0 Å². The van der Waals surface area contributed by atoms with E-state index in [-0.39, 0.29) is 6.10 Å². The van der Waals surface area contributed by atoms with Crippen LogP contribution >= 0.6 is 0 Å². The van der Waals surface area contributed by atoms with Gasteiger partial charge in [-0.05, 0) is 43.9 Å². The van der Waals surface area contributed by atoms with Crippen LogP contribution in [0.2, 0.25) is 0 Å². The molecule has 0 amide bonds. The van der Waals surface area contributed by atoms with E-state index < -0.39 is 0 Å². The third-order valence-corrected chi connectivity index (χ3v) is 4.56. The summed E-state index contributed by atoms with van der Waals surface area (Å²) in [6.07, 6.45) is 1.97. The molecule has 0 aromatic heterocycles. The standard InChI is InChI=1S/C18H38N2O/c1-13(2)17(21)9-15-8-16(19-12-18(5,6)7)11-20(10-15)14(3)4/h13-17,19,21H,8-12H2,1-7H3. The second-order valence-corrected chi connectivity index (χ2v) is 8.83. The summed E-state index contributed by atoms with van der Waals surface area (Å²) in [6, 6.07) is 1.15. The van der Waals surface area contributed by atoms with E-state index in [0.29, 0.717) is 29.3 Å². The van der Waals surface area contributed by atoms with Crippen molar-refractivity contribution in [2.75, 3.05) is 19.6 Å². The van der Waals surface area contributed by atoms with Crippen LogP contribution in [0.3, 0.4) is 0 Å². The molecular formula is C18H38N2O. The first kappa shape index (κ1) is 18.9. The molecule has 0 aromatic carbocycles. The summed E-state index contributed by atoms with van der Waals surface area (Å²) in [5.74, 6) is 0.969. The molecule has 3 nitrogen and oxygen atoms in total. The Hall–Kier alpha value is -0.120. The van der Waals surface area contributed by atoms with Crippen LogP contribution in [0.1, 0.15) is 61.3 Å². The molecule has 0 aliphatic carbocycles. The Morgan fingerprint density at radius 3 is 2.24 bits per heavy atom. The Balaban J connectivity index is 2.59. The first-order valence-electron chi connectivity index (χ1n) is 8.74. The van der Waals surface area contributed by atoms with Crippen LogP contribution < -0.4 is 5.32 Å². The molecule has 1 aliphatic heterocycles. The molecule has 0 bridgehead atoms. The van der Waals surface area contributed by atoms with Gasteiger partial charge in [0.05, 0.1) is 6.10 Å². The minimum absolute atomic E-state index is 0.162. The van der Waals surface area contributed by atoms with Crippen molar-refractivity contribution < 1.29 is 5.11 Å². The van der Waals surface area contributed by atoms with Crippen molar-refractivity contribution in [3.63, 3.8) is 0 Å². The largest absolute Gasteiger partial charge is 0.393 e. The van der Waals surface area contributed by atoms with Gasteiger partial charge in [0.25, 0.3) is 0 Å². The summed E-state index contributed by atoms with van der Waals surface area (Å²) in [4.78, 5) is 2.57. The highest BCUT2D eigenvalue weighted by atomic mass is 16.3. The van der Waals surface area contributed by atoms with Crippen molar-refractivity contribution in [2.45, 2.75) is 79.5 Å². The number of nitrogens with one attached hydrogen (secondary N) is 1. The molecule has 2 N–H and O–H groups in total. The normalized spacial score (nSPS) is 26.6. The zero-order chi connectivity index (χ0) is 16.2. The van der Waals surface area contributed by atoms with Gasteiger partial charge in [-0.15, -0.1) is 0 Å². The van der Waals surface area contributed by atoms with Gasteiger partial charge in [-0.1, -0.05) is 34.6 Å². The third kappa shape index (κ3) is 7.12. The highest BCUT2D eigenvalue weighted by molar-refractivity contribution is 4.87.